The summed E-state index contributed by atoms with van der Waals surface area (Å²) >= 11 is 1.57. The highest BCUT2D eigenvalue weighted by Gasteiger charge is 2.23. The zero-order valence-corrected chi connectivity index (χ0v) is 27.4. The molecule has 1 aromatic heterocycles. The van der Waals surface area contributed by atoms with Gasteiger partial charge in [-0.25, -0.2) is 9.97 Å². The van der Waals surface area contributed by atoms with Crippen LogP contribution in [-0.2, 0) is 0 Å². The Morgan fingerprint density at radius 2 is 1.64 bits per heavy atom. The summed E-state index contributed by atoms with van der Waals surface area (Å²) in [5.41, 5.74) is 2.06. The second-order valence-corrected chi connectivity index (χ2v) is 12.0. The van der Waals surface area contributed by atoms with Gasteiger partial charge in [0.2, 0.25) is 5.75 Å². The number of anilines is 2. The smallest absolute Gasteiger partial charge is 0.270 e. The van der Waals surface area contributed by atoms with E-state index in [0.29, 0.717) is 39.6 Å². The summed E-state index contributed by atoms with van der Waals surface area (Å²) in [5, 5.41) is 7.17. The minimum Gasteiger partial charge on any atom is -0.493 e. The summed E-state index contributed by atoms with van der Waals surface area (Å²) in [7, 11) is 6.87. The Hall–Kier alpha value is -3.54. The van der Waals surface area contributed by atoms with Crippen LogP contribution in [0.15, 0.2) is 53.7 Å². The standard InChI is InChI=1S/C33H46N6O4S/c1-6-7-8-12-19-44-33-36-26(22-30(37-33)34-25-20-28(41-3)31(43-5)29(21-25)42-4)32(40)35-27(24-13-10-9-11-14-24)23-39-17-15-38(2)16-18-39/h9-11,13-14,20-22,27H,6-8,12,15-19,23H2,1-5H3,(H,35,40)(H,34,36,37). The normalized spacial score (nSPS) is 14.6. The van der Waals surface area contributed by atoms with E-state index in [9.17, 15) is 4.79 Å². The Morgan fingerprint density at radius 3 is 2.27 bits per heavy atom. The lowest BCUT2D eigenvalue weighted by atomic mass is 10.1. The molecular weight excluding hydrogens is 576 g/mol. The molecule has 0 aliphatic carbocycles. The molecule has 2 heterocycles. The third-order valence-electron chi connectivity index (χ3n) is 7.65. The summed E-state index contributed by atoms with van der Waals surface area (Å²) in [4.78, 5) is 28.1. The fourth-order valence-corrected chi connectivity index (χ4v) is 5.96. The molecule has 11 heteroatoms. The molecule has 44 heavy (non-hydrogen) atoms. The molecule has 238 valence electrons. The van der Waals surface area contributed by atoms with Gasteiger partial charge in [-0.1, -0.05) is 68.3 Å². The number of nitrogens with one attached hydrogen (secondary N) is 2. The Kier molecular flexibility index (Phi) is 12.9. The van der Waals surface area contributed by atoms with E-state index < -0.39 is 0 Å². The van der Waals surface area contributed by atoms with Crippen LogP contribution in [0.4, 0.5) is 11.5 Å². The van der Waals surface area contributed by atoms with Gasteiger partial charge in [-0.05, 0) is 19.0 Å². The third-order valence-corrected chi connectivity index (χ3v) is 8.58. The van der Waals surface area contributed by atoms with Gasteiger partial charge in [-0.3, -0.25) is 9.69 Å². The van der Waals surface area contributed by atoms with Gasteiger partial charge in [0.1, 0.15) is 11.5 Å². The number of carbonyl (C=O) groups excluding carboxylic acids is 1. The van der Waals surface area contributed by atoms with Crippen molar-refractivity contribution in [2.75, 3.05) is 72.2 Å². The number of methoxy groups -OCH3 is 3. The highest BCUT2D eigenvalue weighted by atomic mass is 32.2. The number of thioether (sulfide) groups is 1. The second-order valence-electron chi connectivity index (χ2n) is 10.9. The number of amides is 1. The van der Waals surface area contributed by atoms with Crippen molar-refractivity contribution < 1.29 is 19.0 Å². The van der Waals surface area contributed by atoms with E-state index in [2.05, 4.69) is 46.5 Å². The molecule has 0 bridgehead atoms. The summed E-state index contributed by atoms with van der Waals surface area (Å²) in [6.07, 6.45) is 4.60. The largest absolute Gasteiger partial charge is 0.493 e. The van der Waals surface area contributed by atoms with Crippen molar-refractivity contribution >= 4 is 29.2 Å². The van der Waals surface area contributed by atoms with Crippen LogP contribution >= 0.6 is 11.8 Å². The number of likely N-dealkylation sites (N-methyl/N-ethyl adjacent to an activating group) is 1. The van der Waals surface area contributed by atoms with Crippen LogP contribution in [0.2, 0.25) is 0 Å². The highest BCUT2D eigenvalue weighted by Crippen LogP contribution is 2.40. The summed E-state index contributed by atoms with van der Waals surface area (Å²) in [5.74, 6) is 2.67. The molecule has 2 N–H and O–H groups in total. The number of piperazine rings is 1. The number of hydrogen-bond donors (Lipinski definition) is 2. The first-order valence-corrected chi connectivity index (χ1v) is 16.3. The highest BCUT2D eigenvalue weighted by molar-refractivity contribution is 7.99. The zero-order chi connectivity index (χ0) is 31.3. The van der Waals surface area contributed by atoms with Crippen LogP contribution in [0.25, 0.3) is 0 Å². The average molecular weight is 623 g/mol. The molecule has 4 rings (SSSR count). The van der Waals surface area contributed by atoms with E-state index in [4.69, 9.17) is 24.2 Å². The van der Waals surface area contributed by atoms with Gasteiger partial charge in [0.15, 0.2) is 16.7 Å². The van der Waals surface area contributed by atoms with Crippen LogP contribution in [0.5, 0.6) is 17.2 Å². The Labute approximate surface area is 265 Å². The maximum absolute atomic E-state index is 13.9. The molecule has 1 atom stereocenters. The summed E-state index contributed by atoms with van der Waals surface area (Å²) in [6, 6.07) is 15.3. The van der Waals surface area contributed by atoms with Gasteiger partial charge >= 0.3 is 0 Å². The van der Waals surface area contributed by atoms with E-state index in [1.54, 1.807) is 39.2 Å². The topological polar surface area (TPSA) is 101 Å². The molecule has 2 aromatic carbocycles. The minimum absolute atomic E-state index is 0.182. The predicted molar refractivity (Wildman–Crippen MR) is 177 cm³/mol. The number of carbonyl (C=O) groups is 1. The van der Waals surface area contributed by atoms with Gasteiger partial charge in [-0.15, -0.1) is 0 Å². The predicted octanol–water partition coefficient (Wildman–Crippen LogP) is 5.64. The molecule has 0 radical (unpaired) electrons. The first kappa shape index (κ1) is 33.4. The summed E-state index contributed by atoms with van der Waals surface area (Å²) in [6.45, 7) is 6.87. The fraction of sp³-hybridized carbons (Fsp3) is 0.485. The van der Waals surface area contributed by atoms with Gasteiger partial charge in [-0.2, -0.15) is 0 Å². The van der Waals surface area contributed by atoms with Crippen LogP contribution in [-0.4, -0.2) is 92.5 Å². The Morgan fingerprint density at radius 1 is 0.932 bits per heavy atom. The van der Waals surface area contributed by atoms with Gasteiger partial charge < -0.3 is 29.7 Å². The molecule has 1 unspecified atom stereocenters. The monoisotopic (exact) mass is 622 g/mol. The SMILES string of the molecule is CCCCCCSc1nc(Nc2cc(OC)c(OC)c(OC)c2)cc(C(=O)NC(CN2CCN(C)CC2)c2ccccc2)n1. The molecule has 1 fully saturated rings. The van der Waals surface area contributed by atoms with Crippen molar-refractivity contribution in [3.8, 4) is 17.2 Å². The van der Waals surface area contributed by atoms with Crippen LogP contribution in [0.3, 0.4) is 0 Å². The van der Waals surface area contributed by atoms with Gasteiger partial charge in [0.05, 0.1) is 27.4 Å². The first-order valence-electron chi connectivity index (χ1n) is 15.3. The number of benzene rings is 2. The Balaban J connectivity index is 1.60. The van der Waals surface area contributed by atoms with E-state index in [-0.39, 0.29) is 11.9 Å². The number of aromatic nitrogens is 2. The Bertz CT molecular complexity index is 1310. The molecule has 0 spiro atoms. The molecule has 1 amide bonds. The lowest BCUT2D eigenvalue weighted by Gasteiger charge is -2.35. The van der Waals surface area contributed by atoms with Crippen molar-refractivity contribution in [2.45, 2.75) is 43.8 Å². The number of nitrogens with zero attached hydrogens (tertiary/aromatic N) is 4. The molecule has 1 aliphatic heterocycles. The quantitative estimate of drug-likeness (QED) is 0.119. The van der Waals surface area contributed by atoms with E-state index in [1.807, 2.05) is 30.3 Å². The first-order chi connectivity index (χ1) is 21.4. The fourth-order valence-electron chi connectivity index (χ4n) is 5.10. The number of ether oxygens (including phenoxy) is 3. The lowest BCUT2D eigenvalue weighted by molar-refractivity contribution is 0.0901. The lowest BCUT2D eigenvalue weighted by Crippen LogP contribution is -2.47. The molecule has 10 nitrogen and oxygen atoms in total. The van der Waals surface area contributed by atoms with Gasteiger partial charge in [0.25, 0.3) is 5.91 Å². The van der Waals surface area contributed by atoms with Crippen molar-refractivity contribution in [2.24, 2.45) is 0 Å². The van der Waals surface area contributed by atoms with E-state index in [0.717, 1.165) is 56.9 Å². The van der Waals surface area contributed by atoms with Crippen LogP contribution in [0, 0.1) is 0 Å². The van der Waals surface area contributed by atoms with Crippen LogP contribution in [0.1, 0.15) is 54.7 Å². The number of unbranched alkanes of at least 4 members (excludes halogenated alkanes) is 3. The molecule has 3 aromatic rings. The van der Waals surface area contributed by atoms with Gasteiger partial charge in [0, 0.05) is 62.4 Å². The maximum Gasteiger partial charge on any atom is 0.270 e. The van der Waals surface area contributed by atoms with Crippen LogP contribution < -0.4 is 24.8 Å². The van der Waals surface area contributed by atoms with Crippen molar-refractivity contribution in [3.05, 3.63) is 59.8 Å². The van der Waals surface area contributed by atoms with Crippen molar-refractivity contribution in [3.63, 3.8) is 0 Å². The average Bonchev–Trinajstić information content (AvgIpc) is 3.05. The van der Waals surface area contributed by atoms with Crippen molar-refractivity contribution in [1.82, 2.24) is 25.1 Å². The maximum atomic E-state index is 13.9. The molecule has 1 saturated heterocycles. The third kappa shape index (κ3) is 9.48. The molecule has 0 saturated carbocycles. The molecular formula is C33H46N6O4S. The second kappa shape index (κ2) is 17.1. The zero-order valence-electron chi connectivity index (χ0n) is 26.6. The van der Waals surface area contributed by atoms with E-state index >= 15 is 0 Å². The van der Waals surface area contributed by atoms with Crippen molar-refractivity contribution in [1.29, 1.82) is 0 Å². The minimum atomic E-state index is -0.240. The van der Waals surface area contributed by atoms with E-state index in [1.165, 1.54) is 12.8 Å². The number of rotatable bonds is 16. The number of hydrogen-bond acceptors (Lipinski definition) is 10. The summed E-state index contributed by atoms with van der Waals surface area (Å²) < 4.78 is 16.5. The molecule has 1 aliphatic rings.